The first-order chi connectivity index (χ1) is 9.25. The number of rotatable bonds is 5. The number of nitrogens with one attached hydrogen (secondary N) is 3. The Morgan fingerprint density at radius 1 is 1.47 bits per heavy atom. The Morgan fingerprint density at radius 3 is 3.11 bits per heavy atom. The van der Waals surface area contributed by atoms with Crippen LogP contribution in [0, 0.1) is 0 Å². The molecule has 1 fully saturated rings. The molecular weight excluding hydrogens is 240 g/mol. The fraction of sp³-hybridized carbons (Fsp3) is 0.571. The molecule has 3 N–H and O–H groups in total. The smallest absolute Gasteiger partial charge is 0.216 e. The number of aromatic nitrogens is 1. The van der Waals surface area contributed by atoms with Crippen molar-refractivity contribution in [3.05, 3.63) is 23.9 Å². The Balaban J connectivity index is 1.85. The standard InChI is InChI=1S/C14H22N4O/c1-11(19)16-8-9-17-14-6-2-5-13(18-14)12-4-3-7-15-10-12/h2,5-6,12,15H,3-4,7-10H2,1H3,(H,16,19)(H,17,18). The highest BCUT2D eigenvalue weighted by molar-refractivity contribution is 5.72. The van der Waals surface area contributed by atoms with Gasteiger partial charge in [-0.25, -0.2) is 4.98 Å². The summed E-state index contributed by atoms with van der Waals surface area (Å²) in [5.41, 5.74) is 1.15. The molecule has 1 saturated heterocycles. The molecule has 5 heteroatoms. The van der Waals surface area contributed by atoms with Crippen LogP contribution in [0.15, 0.2) is 18.2 Å². The van der Waals surface area contributed by atoms with E-state index in [-0.39, 0.29) is 5.91 Å². The highest BCUT2D eigenvalue weighted by atomic mass is 16.1. The van der Waals surface area contributed by atoms with Crippen molar-refractivity contribution in [2.24, 2.45) is 0 Å². The quantitative estimate of drug-likeness (QED) is 0.695. The van der Waals surface area contributed by atoms with Gasteiger partial charge in [0.25, 0.3) is 0 Å². The van der Waals surface area contributed by atoms with Gasteiger partial charge in [-0.2, -0.15) is 0 Å². The molecule has 0 radical (unpaired) electrons. The van der Waals surface area contributed by atoms with E-state index in [4.69, 9.17) is 0 Å². The molecule has 1 aromatic rings. The van der Waals surface area contributed by atoms with Crippen molar-refractivity contribution < 1.29 is 4.79 Å². The van der Waals surface area contributed by atoms with Crippen LogP contribution in [-0.2, 0) is 4.79 Å². The Bertz CT molecular complexity index is 416. The van der Waals surface area contributed by atoms with Gasteiger partial charge < -0.3 is 16.0 Å². The molecule has 1 unspecified atom stereocenters. The van der Waals surface area contributed by atoms with Crippen molar-refractivity contribution in [1.82, 2.24) is 15.6 Å². The number of carbonyl (C=O) groups excluding carboxylic acids is 1. The van der Waals surface area contributed by atoms with Crippen molar-refractivity contribution in [2.45, 2.75) is 25.7 Å². The van der Waals surface area contributed by atoms with Crippen LogP contribution in [-0.4, -0.2) is 37.1 Å². The Kier molecular flexibility index (Phi) is 5.15. The molecule has 1 amide bonds. The number of anilines is 1. The minimum atomic E-state index is -0.00297. The molecule has 0 spiro atoms. The van der Waals surface area contributed by atoms with Gasteiger partial charge >= 0.3 is 0 Å². The van der Waals surface area contributed by atoms with Gasteiger partial charge in [-0.15, -0.1) is 0 Å². The lowest BCUT2D eigenvalue weighted by Crippen LogP contribution is -2.29. The van der Waals surface area contributed by atoms with Gasteiger partial charge in [0.1, 0.15) is 5.82 Å². The fourth-order valence-electron chi connectivity index (χ4n) is 2.31. The van der Waals surface area contributed by atoms with Crippen LogP contribution in [0.4, 0.5) is 5.82 Å². The van der Waals surface area contributed by atoms with E-state index in [1.807, 2.05) is 12.1 Å². The maximum absolute atomic E-state index is 10.8. The molecule has 104 valence electrons. The molecular formula is C14H22N4O. The summed E-state index contributed by atoms with van der Waals surface area (Å²) in [4.78, 5) is 15.4. The van der Waals surface area contributed by atoms with E-state index in [0.29, 0.717) is 19.0 Å². The first-order valence-electron chi connectivity index (χ1n) is 6.91. The summed E-state index contributed by atoms with van der Waals surface area (Å²) in [7, 11) is 0. The van der Waals surface area contributed by atoms with E-state index < -0.39 is 0 Å². The van der Waals surface area contributed by atoms with E-state index in [1.165, 1.54) is 19.8 Å². The molecule has 2 heterocycles. The molecule has 0 bridgehead atoms. The van der Waals surface area contributed by atoms with Gasteiger partial charge in [-0.3, -0.25) is 4.79 Å². The SMILES string of the molecule is CC(=O)NCCNc1cccc(C2CCCNC2)n1. The number of amides is 1. The van der Waals surface area contributed by atoms with Crippen molar-refractivity contribution in [2.75, 3.05) is 31.5 Å². The third-order valence-corrected chi connectivity index (χ3v) is 3.29. The minimum Gasteiger partial charge on any atom is -0.368 e. The molecule has 0 aromatic carbocycles. The van der Waals surface area contributed by atoms with Gasteiger partial charge in [0, 0.05) is 38.2 Å². The molecule has 1 aliphatic heterocycles. The maximum Gasteiger partial charge on any atom is 0.216 e. The van der Waals surface area contributed by atoms with Crippen LogP contribution in [0.2, 0.25) is 0 Å². The van der Waals surface area contributed by atoms with E-state index in [2.05, 4.69) is 27.0 Å². The van der Waals surface area contributed by atoms with Crippen LogP contribution in [0.25, 0.3) is 0 Å². The average molecular weight is 262 g/mol. The topological polar surface area (TPSA) is 66.1 Å². The lowest BCUT2D eigenvalue weighted by molar-refractivity contribution is -0.118. The summed E-state index contributed by atoms with van der Waals surface area (Å²) < 4.78 is 0. The second-order valence-electron chi connectivity index (χ2n) is 4.90. The van der Waals surface area contributed by atoms with Gasteiger partial charge in [0.05, 0.1) is 0 Å². The lowest BCUT2D eigenvalue weighted by atomic mass is 9.96. The van der Waals surface area contributed by atoms with Crippen molar-refractivity contribution in [1.29, 1.82) is 0 Å². The third kappa shape index (κ3) is 4.52. The predicted molar refractivity (Wildman–Crippen MR) is 76.3 cm³/mol. The van der Waals surface area contributed by atoms with Crippen LogP contribution in [0.1, 0.15) is 31.4 Å². The average Bonchev–Trinajstić information content (AvgIpc) is 2.45. The first kappa shape index (κ1) is 13.8. The van der Waals surface area contributed by atoms with Gasteiger partial charge in [0.15, 0.2) is 0 Å². The fourth-order valence-corrected chi connectivity index (χ4v) is 2.31. The normalized spacial score (nSPS) is 18.9. The van der Waals surface area contributed by atoms with Crippen LogP contribution in [0.5, 0.6) is 0 Å². The molecule has 19 heavy (non-hydrogen) atoms. The molecule has 0 aliphatic carbocycles. The molecule has 1 aromatic heterocycles. The highest BCUT2D eigenvalue weighted by Gasteiger charge is 2.16. The zero-order valence-corrected chi connectivity index (χ0v) is 11.4. The van der Waals surface area contributed by atoms with E-state index >= 15 is 0 Å². The van der Waals surface area contributed by atoms with Gasteiger partial charge in [0.2, 0.25) is 5.91 Å². The van der Waals surface area contributed by atoms with Gasteiger partial charge in [-0.05, 0) is 31.5 Å². The summed E-state index contributed by atoms with van der Waals surface area (Å²) in [6.45, 7) is 4.97. The largest absolute Gasteiger partial charge is 0.368 e. The second kappa shape index (κ2) is 7.09. The summed E-state index contributed by atoms with van der Waals surface area (Å²) in [5.74, 6) is 1.40. The Morgan fingerprint density at radius 2 is 2.37 bits per heavy atom. The summed E-state index contributed by atoms with van der Waals surface area (Å²) in [6.07, 6.45) is 2.42. The number of hydrogen-bond donors (Lipinski definition) is 3. The Hall–Kier alpha value is -1.62. The molecule has 5 nitrogen and oxygen atoms in total. The molecule has 1 atom stereocenters. The van der Waals surface area contributed by atoms with E-state index in [9.17, 15) is 4.79 Å². The third-order valence-electron chi connectivity index (χ3n) is 3.29. The molecule has 2 rings (SSSR count). The second-order valence-corrected chi connectivity index (χ2v) is 4.90. The highest BCUT2D eigenvalue weighted by Crippen LogP contribution is 2.22. The zero-order chi connectivity index (χ0) is 13.5. The van der Waals surface area contributed by atoms with E-state index in [0.717, 1.165) is 24.6 Å². The molecule has 0 saturated carbocycles. The maximum atomic E-state index is 10.8. The van der Waals surface area contributed by atoms with Crippen molar-refractivity contribution >= 4 is 11.7 Å². The number of hydrogen-bond acceptors (Lipinski definition) is 4. The minimum absolute atomic E-state index is 0.00297. The van der Waals surface area contributed by atoms with E-state index in [1.54, 1.807) is 0 Å². The number of pyridine rings is 1. The first-order valence-corrected chi connectivity index (χ1v) is 6.91. The van der Waals surface area contributed by atoms with Crippen LogP contribution < -0.4 is 16.0 Å². The zero-order valence-electron chi connectivity index (χ0n) is 11.4. The number of piperidine rings is 1. The lowest BCUT2D eigenvalue weighted by Gasteiger charge is -2.22. The number of carbonyl (C=O) groups is 1. The summed E-state index contributed by atoms with van der Waals surface area (Å²) >= 11 is 0. The molecule has 1 aliphatic rings. The van der Waals surface area contributed by atoms with Crippen molar-refractivity contribution in [3.8, 4) is 0 Å². The summed E-state index contributed by atoms with van der Waals surface area (Å²) in [6, 6.07) is 6.10. The van der Waals surface area contributed by atoms with Crippen LogP contribution in [0.3, 0.4) is 0 Å². The Labute approximate surface area is 114 Å². The predicted octanol–water partition coefficient (Wildman–Crippen LogP) is 1.10. The van der Waals surface area contributed by atoms with Gasteiger partial charge in [-0.1, -0.05) is 6.07 Å². The summed E-state index contributed by atoms with van der Waals surface area (Å²) in [5, 5.41) is 9.40. The number of nitrogens with zero attached hydrogens (tertiary/aromatic N) is 1. The monoisotopic (exact) mass is 262 g/mol. The van der Waals surface area contributed by atoms with Crippen LogP contribution >= 0.6 is 0 Å². The van der Waals surface area contributed by atoms with Crippen molar-refractivity contribution in [3.63, 3.8) is 0 Å².